The Labute approximate surface area is 83.1 Å². The molecule has 0 heterocycles. The Morgan fingerprint density at radius 1 is 1.08 bits per heavy atom. The van der Waals surface area contributed by atoms with Gasteiger partial charge in [0.15, 0.2) is 0 Å². The van der Waals surface area contributed by atoms with Gasteiger partial charge in [0, 0.05) is 19.3 Å². The van der Waals surface area contributed by atoms with E-state index in [0.717, 1.165) is 19.8 Å². The molecule has 0 spiro atoms. The highest BCUT2D eigenvalue weighted by atomic mass is 16.5. The van der Waals surface area contributed by atoms with Crippen molar-refractivity contribution in [3.05, 3.63) is 0 Å². The minimum atomic E-state index is 0.608. The third kappa shape index (κ3) is 11.9. The molecule has 0 aliphatic carbocycles. The second-order valence-electron chi connectivity index (χ2n) is 4.28. The van der Waals surface area contributed by atoms with Crippen molar-refractivity contribution in [2.45, 2.75) is 46.6 Å². The van der Waals surface area contributed by atoms with Gasteiger partial charge in [-0.2, -0.15) is 0 Å². The minimum absolute atomic E-state index is 0.608. The molecular weight excluding hydrogens is 162 g/mol. The van der Waals surface area contributed by atoms with Crippen LogP contribution in [0.15, 0.2) is 0 Å². The van der Waals surface area contributed by atoms with Gasteiger partial charge in [0.1, 0.15) is 0 Å². The normalized spacial score (nSPS) is 11.5. The average molecular weight is 187 g/mol. The van der Waals surface area contributed by atoms with E-state index in [0.29, 0.717) is 12.0 Å². The van der Waals surface area contributed by atoms with E-state index >= 15 is 0 Å². The quantitative estimate of drug-likeness (QED) is 0.589. The molecule has 0 bridgehead atoms. The number of hydrogen-bond acceptors (Lipinski definition) is 2. The molecule has 1 N–H and O–H groups in total. The summed E-state index contributed by atoms with van der Waals surface area (Å²) in [4.78, 5) is 0. The Kier molecular flexibility index (Phi) is 8.46. The molecule has 80 valence electrons. The zero-order valence-electron chi connectivity index (χ0n) is 9.60. The van der Waals surface area contributed by atoms with Crippen LogP contribution in [0.3, 0.4) is 0 Å². The molecule has 0 aromatic carbocycles. The Morgan fingerprint density at radius 3 is 2.31 bits per heavy atom. The third-order valence-electron chi connectivity index (χ3n) is 1.72. The van der Waals surface area contributed by atoms with Crippen LogP contribution in [0.2, 0.25) is 0 Å². The number of ether oxygens (including phenoxy) is 1. The van der Waals surface area contributed by atoms with Crippen molar-refractivity contribution in [2.24, 2.45) is 5.92 Å². The Bertz CT molecular complexity index is 90.3. The number of unbranched alkanes of at least 4 members (excludes halogenated alkanes) is 1. The summed E-state index contributed by atoms with van der Waals surface area (Å²) in [7, 11) is 0. The van der Waals surface area contributed by atoms with Crippen molar-refractivity contribution in [1.29, 1.82) is 0 Å². The zero-order valence-corrected chi connectivity index (χ0v) is 9.60. The van der Waals surface area contributed by atoms with Gasteiger partial charge in [-0.3, -0.25) is 0 Å². The van der Waals surface area contributed by atoms with Gasteiger partial charge in [-0.1, -0.05) is 27.7 Å². The monoisotopic (exact) mass is 187 g/mol. The second-order valence-corrected chi connectivity index (χ2v) is 4.28. The van der Waals surface area contributed by atoms with Gasteiger partial charge in [0.05, 0.1) is 0 Å². The van der Waals surface area contributed by atoms with E-state index in [1.807, 2.05) is 0 Å². The van der Waals surface area contributed by atoms with Crippen molar-refractivity contribution in [1.82, 2.24) is 5.32 Å². The summed E-state index contributed by atoms with van der Waals surface area (Å²) in [6.07, 6.45) is 2.39. The topological polar surface area (TPSA) is 21.3 Å². The first-order valence-corrected chi connectivity index (χ1v) is 5.44. The second kappa shape index (κ2) is 8.52. The lowest BCUT2D eigenvalue weighted by molar-refractivity contribution is 0.106. The summed E-state index contributed by atoms with van der Waals surface area (Å²) in [5.41, 5.74) is 0. The van der Waals surface area contributed by atoms with Gasteiger partial charge < -0.3 is 10.1 Å². The molecule has 2 nitrogen and oxygen atoms in total. The highest BCUT2D eigenvalue weighted by Crippen LogP contribution is 1.95. The van der Waals surface area contributed by atoms with Crippen LogP contribution < -0.4 is 5.32 Å². The Balaban J connectivity index is 2.92. The van der Waals surface area contributed by atoms with Crippen molar-refractivity contribution in [3.63, 3.8) is 0 Å². The van der Waals surface area contributed by atoms with Gasteiger partial charge in [-0.15, -0.1) is 0 Å². The summed E-state index contributed by atoms with van der Waals surface area (Å²) >= 11 is 0. The molecule has 0 rings (SSSR count). The molecule has 0 aliphatic rings. The highest BCUT2D eigenvalue weighted by molar-refractivity contribution is 4.52. The molecule has 0 saturated carbocycles. The van der Waals surface area contributed by atoms with Crippen molar-refractivity contribution in [2.75, 3.05) is 19.8 Å². The highest BCUT2D eigenvalue weighted by Gasteiger charge is 1.94. The first-order valence-electron chi connectivity index (χ1n) is 5.44. The summed E-state index contributed by atoms with van der Waals surface area (Å²) in [5.74, 6) is 0.661. The van der Waals surface area contributed by atoms with Crippen LogP contribution in [0.4, 0.5) is 0 Å². The van der Waals surface area contributed by atoms with Gasteiger partial charge in [-0.25, -0.2) is 0 Å². The fourth-order valence-corrected chi connectivity index (χ4v) is 1.04. The van der Waals surface area contributed by atoms with Crippen molar-refractivity contribution in [3.8, 4) is 0 Å². The molecule has 0 fully saturated rings. The summed E-state index contributed by atoms with van der Waals surface area (Å²) in [5, 5.41) is 3.39. The molecule has 0 unspecified atom stereocenters. The van der Waals surface area contributed by atoms with E-state index in [-0.39, 0.29) is 0 Å². The van der Waals surface area contributed by atoms with E-state index in [9.17, 15) is 0 Å². The Hall–Kier alpha value is -0.0800. The van der Waals surface area contributed by atoms with E-state index in [4.69, 9.17) is 4.74 Å². The molecular formula is C11H25NO. The molecule has 13 heavy (non-hydrogen) atoms. The van der Waals surface area contributed by atoms with Crippen LogP contribution >= 0.6 is 0 Å². The first-order chi connectivity index (χ1) is 6.13. The summed E-state index contributed by atoms with van der Waals surface area (Å²) in [6, 6.07) is 0.608. The van der Waals surface area contributed by atoms with Crippen molar-refractivity contribution >= 4 is 0 Å². The largest absolute Gasteiger partial charge is 0.381 e. The molecule has 0 aromatic rings. The van der Waals surface area contributed by atoms with E-state index in [1.165, 1.54) is 12.8 Å². The van der Waals surface area contributed by atoms with Crippen LogP contribution in [0.25, 0.3) is 0 Å². The molecule has 0 aliphatic heterocycles. The van der Waals surface area contributed by atoms with E-state index < -0.39 is 0 Å². The van der Waals surface area contributed by atoms with Crippen LogP contribution in [0.5, 0.6) is 0 Å². The van der Waals surface area contributed by atoms with Gasteiger partial charge in [0.25, 0.3) is 0 Å². The fraction of sp³-hybridized carbons (Fsp3) is 1.00. The van der Waals surface area contributed by atoms with Crippen LogP contribution in [-0.2, 0) is 4.74 Å². The summed E-state index contributed by atoms with van der Waals surface area (Å²) < 4.78 is 5.47. The number of hydrogen-bond donors (Lipinski definition) is 1. The van der Waals surface area contributed by atoms with Crippen molar-refractivity contribution < 1.29 is 4.74 Å². The molecule has 0 aromatic heterocycles. The first kappa shape index (κ1) is 12.9. The van der Waals surface area contributed by atoms with Crippen LogP contribution in [0.1, 0.15) is 40.5 Å². The van der Waals surface area contributed by atoms with E-state index in [1.54, 1.807) is 0 Å². The lowest BCUT2D eigenvalue weighted by Crippen LogP contribution is -2.23. The lowest BCUT2D eigenvalue weighted by Gasteiger charge is -2.08. The van der Waals surface area contributed by atoms with Gasteiger partial charge >= 0.3 is 0 Å². The smallest absolute Gasteiger partial charge is 0.0488 e. The SMILES string of the molecule is CC(C)COCCCCNC(C)C. The predicted octanol–water partition coefficient (Wildman–Crippen LogP) is 2.44. The standard InChI is InChI=1S/C11H25NO/c1-10(2)9-13-8-6-5-7-12-11(3)4/h10-12H,5-9H2,1-4H3. The lowest BCUT2D eigenvalue weighted by atomic mass is 10.2. The predicted molar refractivity (Wildman–Crippen MR) is 58.0 cm³/mol. The maximum Gasteiger partial charge on any atom is 0.0488 e. The summed E-state index contributed by atoms with van der Waals surface area (Å²) in [6.45, 7) is 11.6. The molecule has 0 amide bonds. The number of nitrogens with one attached hydrogen (secondary N) is 1. The third-order valence-corrected chi connectivity index (χ3v) is 1.72. The molecule has 0 saturated heterocycles. The van der Waals surface area contributed by atoms with E-state index in [2.05, 4.69) is 33.0 Å². The van der Waals surface area contributed by atoms with Crippen LogP contribution in [0, 0.1) is 5.92 Å². The fourth-order valence-electron chi connectivity index (χ4n) is 1.04. The van der Waals surface area contributed by atoms with Crippen LogP contribution in [-0.4, -0.2) is 25.8 Å². The molecule has 0 atom stereocenters. The molecule has 0 radical (unpaired) electrons. The average Bonchev–Trinajstić information content (AvgIpc) is 2.01. The minimum Gasteiger partial charge on any atom is -0.381 e. The Morgan fingerprint density at radius 2 is 1.77 bits per heavy atom. The molecule has 2 heteroatoms. The van der Waals surface area contributed by atoms with Gasteiger partial charge in [0.2, 0.25) is 0 Å². The number of rotatable bonds is 8. The maximum atomic E-state index is 5.47. The van der Waals surface area contributed by atoms with Gasteiger partial charge in [-0.05, 0) is 25.3 Å². The maximum absolute atomic E-state index is 5.47. The zero-order chi connectivity index (χ0) is 10.1.